The molecule has 4 aromatic rings. The third kappa shape index (κ3) is 4.19. The smallest absolute Gasteiger partial charge is 0.128 e. The topological polar surface area (TPSA) is 31.5 Å². The molecule has 4 nitrogen and oxygen atoms in total. The van der Waals surface area contributed by atoms with Gasteiger partial charge in [0.25, 0.3) is 0 Å². The molecule has 4 heteroatoms. The van der Waals surface area contributed by atoms with E-state index in [-0.39, 0.29) is 0 Å². The van der Waals surface area contributed by atoms with E-state index in [9.17, 15) is 0 Å². The Kier molecular flexibility index (Phi) is 5.76. The van der Waals surface area contributed by atoms with Crippen LogP contribution in [0.2, 0.25) is 0 Å². The molecular weight excluding hydrogens is 418 g/mol. The van der Waals surface area contributed by atoms with Crippen molar-refractivity contribution in [2.45, 2.75) is 38.3 Å². The second kappa shape index (κ2) is 9.19. The Balaban J connectivity index is 1.11. The molecule has 2 atom stereocenters. The Bertz CT molecular complexity index is 1320. The minimum atomic E-state index is 0.520. The van der Waals surface area contributed by atoms with Gasteiger partial charge in [0.15, 0.2) is 0 Å². The van der Waals surface area contributed by atoms with Crippen LogP contribution in [0.25, 0.3) is 21.7 Å². The minimum Gasteiger partial charge on any atom is -0.493 e. The lowest BCUT2D eigenvalue weighted by Gasteiger charge is -2.48. The van der Waals surface area contributed by atoms with E-state index in [4.69, 9.17) is 4.74 Å². The third-order valence-corrected chi connectivity index (χ3v) is 7.46. The Morgan fingerprint density at radius 2 is 1.74 bits per heavy atom. The van der Waals surface area contributed by atoms with E-state index < -0.39 is 0 Å². The minimum absolute atomic E-state index is 0.520. The molecule has 0 aliphatic carbocycles. The summed E-state index contributed by atoms with van der Waals surface area (Å²) in [6.45, 7) is 6.14. The number of H-pyrrole nitrogens is 1. The molecule has 0 amide bonds. The molecule has 3 aliphatic heterocycles. The molecule has 7 rings (SSSR count). The van der Waals surface area contributed by atoms with Crippen molar-refractivity contribution < 1.29 is 4.74 Å². The number of rotatable bonds is 6. The van der Waals surface area contributed by atoms with E-state index >= 15 is 0 Å². The number of piperazine rings is 1. The molecule has 1 N–H and O–H groups in total. The molecule has 0 radical (unpaired) electrons. The van der Waals surface area contributed by atoms with Gasteiger partial charge in [-0.05, 0) is 67.3 Å². The highest BCUT2D eigenvalue weighted by molar-refractivity contribution is 5.87. The number of aryl methyl sites for hydroxylation is 1. The molecular formula is C30H33N3O. The number of fused-ring (bicyclic) bond motifs is 6. The van der Waals surface area contributed by atoms with Crippen molar-refractivity contribution in [1.29, 1.82) is 0 Å². The number of hydrogen-bond donors (Lipinski definition) is 1. The molecule has 1 fully saturated rings. The molecule has 0 saturated carbocycles. The molecule has 1 aromatic heterocycles. The van der Waals surface area contributed by atoms with Gasteiger partial charge in [-0.1, -0.05) is 48.6 Å². The number of benzene rings is 3. The quantitative estimate of drug-likeness (QED) is 0.275. The lowest BCUT2D eigenvalue weighted by molar-refractivity contribution is 0.137. The molecule has 2 bridgehead atoms. The second-order valence-electron chi connectivity index (χ2n) is 9.80. The third-order valence-electron chi connectivity index (χ3n) is 7.46. The lowest BCUT2D eigenvalue weighted by atomic mass is 9.96. The zero-order valence-electron chi connectivity index (χ0n) is 19.9. The van der Waals surface area contributed by atoms with Gasteiger partial charge in [0.05, 0.1) is 6.61 Å². The van der Waals surface area contributed by atoms with Gasteiger partial charge in [-0.15, -0.1) is 0 Å². The van der Waals surface area contributed by atoms with Crippen molar-refractivity contribution in [2.75, 3.05) is 31.1 Å². The van der Waals surface area contributed by atoms with E-state index in [0.29, 0.717) is 12.1 Å². The summed E-state index contributed by atoms with van der Waals surface area (Å²) in [7, 11) is 0. The standard InChI is InChI=1S/C30H33N3O/c1-22-18-28-29(31-22)12-6-13-30(28)34-17-7-16-32-20-27-11-5-4-10-26(32)21-33(27)25-15-14-23-8-2-3-9-24(23)19-25/h2-6,8-9,12-15,18-19,26-27,31H,7,10-11,16-17,20-21H2,1H3. The highest BCUT2D eigenvalue weighted by atomic mass is 16.5. The fraction of sp³-hybridized carbons (Fsp3) is 0.333. The monoisotopic (exact) mass is 451 g/mol. The summed E-state index contributed by atoms with van der Waals surface area (Å²) in [6, 6.07) is 25.1. The van der Waals surface area contributed by atoms with Gasteiger partial charge in [-0.3, -0.25) is 4.90 Å². The maximum Gasteiger partial charge on any atom is 0.128 e. The number of ether oxygens (including phenoxy) is 1. The predicted octanol–water partition coefficient (Wildman–Crippen LogP) is 6.31. The highest BCUT2D eigenvalue weighted by Gasteiger charge is 2.33. The van der Waals surface area contributed by atoms with Crippen LogP contribution >= 0.6 is 0 Å². The van der Waals surface area contributed by atoms with Crippen molar-refractivity contribution in [3.05, 3.63) is 84.6 Å². The molecule has 3 aromatic carbocycles. The van der Waals surface area contributed by atoms with Gasteiger partial charge in [0.2, 0.25) is 0 Å². The van der Waals surface area contributed by atoms with Gasteiger partial charge >= 0.3 is 0 Å². The van der Waals surface area contributed by atoms with Gasteiger partial charge in [-0.25, -0.2) is 0 Å². The fourth-order valence-electron chi connectivity index (χ4n) is 5.73. The number of anilines is 1. The molecule has 4 heterocycles. The second-order valence-corrected chi connectivity index (χ2v) is 9.80. The SMILES string of the molecule is Cc1cc2c(OCCCN3CC4CC=CCC3CN4c3ccc4ccccc4c3)cccc2[nH]1. The summed E-state index contributed by atoms with van der Waals surface area (Å²) in [4.78, 5) is 8.76. The number of aromatic nitrogens is 1. The average molecular weight is 452 g/mol. The maximum absolute atomic E-state index is 6.22. The van der Waals surface area contributed by atoms with Crippen molar-refractivity contribution in [3.63, 3.8) is 0 Å². The van der Waals surface area contributed by atoms with Crippen LogP contribution in [0, 0.1) is 6.92 Å². The molecule has 3 aliphatic rings. The van der Waals surface area contributed by atoms with E-state index in [1.54, 1.807) is 0 Å². The van der Waals surface area contributed by atoms with Crippen LogP contribution in [0.4, 0.5) is 5.69 Å². The molecule has 34 heavy (non-hydrogen) atoms. The number of nitrogens with zero attached hydrogens (tertiary/aromatic N) is 2. The number of aromatic amines is 1. The van der Waals surface area contributed by atoms with Crippen LogP contribution < -0.4 is 9.64 Å². The zero-order valence-corrected chi connectivity index (χ0v) is 19.9. The summed E-state index contributed by atoms with van der Waals surface area (Å²) >= 11 is 0. The number of hydrogen-bond acceptors (Lipinski definition) is 3. The van der Waals surface area contributed by atoms with E-state index in [0.717, 1.165) is 56.8 Å². The molecule has 174 valence electrons. The first-order valence-electron chi connectivity index (χ1n) is 12.6. The highest BCUT2D eigenvalue weighted by Crippen LogP contribution is 2.31. The number of nitrogens with one attached hydrogen (secondary N) is 1. The Hall–Kier alpha value is -3.24. The summed E-state index contributed by atoms with van der Waals surface area (Å²) in [5, 5.41) is 3.83. The van der Waals surface area contributed by atoms with Crippen molar-refractivity contribution in [1.82, 2.24) is 9.88 Å². The lowest BCUT2D eigenvalue weighted by Crippen LogP contribution is -2.59. The van der Waals surface area contributed by atoms with Crippen LogP contribution in [0.5, 0.6) is 5.75 Å². The fourth-order valence-corrected chi connectivity index (χ4v) is 5.73. The van der Waals surface area contributed by atoms with E-state index in [2.05, 4.69) is 101 Å². The van der Waals surface area contributed by atoms with E-state index in [1.165, 1.54) is 27.5 Å². The van der Waals surface area contributed by atoms with Crippen LogP contribution in [0.3, 0.4) is 0 Å². The Morgan fingerprint density at radius 1 is 0.882 bits per heavy atom. The summed E-state index contributed by atoms with van der Waals surface area (Å²) in [5.74, 6) is 0.987. The maximum atomic E-state index is 6.22. The molecule has 1 saturated heterocycles. The largest absolute Gasteiger partial charge is 0.493 e. The van der Waals surface area contributed by atoms with Crippen LogP contribution in [-0.2, 0) is 0 Å². The van der Waals surface area contributed by atoms with Crippen molar-refractivity contribution in [3.8, 4) is 5.75 Å². The van der Waals surface area contributed by atoms with E-state index in [1.807, 2.05) is 0 Å². The van der Waals surface area contributed by atoms with Crippen molar-refractivity contribution >= 4 is 27.4 Å². The van der Waals surface area contributed by atoms with Crippen LogP contribution in [-0.4, -0.2) is 48.2 Å². The first-order chi connectivity index (χ1) is 16.7. The normalized spacial score (nSPS) is 20.7. The summed E-state index contributed by atoms with van der Waals surface area (Å²) in [5.41, 5.74) is 3.69. The average Bonchev–Trinajstić information content (AvgIpc) is 3.23. The van der Waals surface area contributed by atoms with Gasteiger partial charge in [0.1, 0.15) is 5.75 Å². The van der Waals surface area contributed by atoms with Gasteiger partial charge in [-0.2, -0.15) is 0 Å². The predicted molar refractivity (Wildman–Crippen MR) is 142 cm³/mol. The first kappa shape index (κ1) is 21.3. The Labute approximate surface area is 201 Å². The van der Waals surface area contributed by atoms with Gasteiger partial charge < -0.3 is 14.6 Å². The zero-order chi connectivity index (χ0) is 22.9. The molecule has 2 unspecified atom stereocenters. The Morgan fingerprint density at radius 3 is 2.65 bits per heavy atom. The molecule has 0 spiro atoms. The van der Waals surface area contributed by atoms with Crippen molar-refractivity contribution in [2.24, 2.45) is 0 Å². The first-order valence-corrected chi connectivity index (χ1v) is 12.6. The summed E-state index contributed by atoms with van der Waals surface area (Å²) < 4.78 is 6.22. The van der Waals surface area contributed by atoms with Gasteiger partial charge in [0, 0.05) is 54.0 Å². The van der Waals surface area contributed by atoms with Crippen LogP contribution in [0.1, 0.15) is 25.0 Å². The van der Waals surface area contributed by atoms with Crippen LogP contribution in [0.15, 0.2) is 78.9 Å². The summed E-state index contributed by atoms with van der Waals surface area (Å²) in [6.07, 6.45) is 8.07.